The van der Waals surface area contributed by atoms with E-state index < -0.39 is 5.97 Å². The summed E-state index contributed by atoms with van der Waals surface area (Å²) in [5, 5.41) is 24.1. The van der Waals surface area contributed by atoms with Gasteiger partial charge < -0.3 is 25.6 Å². The standard InChI is InChI=1S/C25H22Cl2N8O4S/c1-11-18(26)19(27)21(30-11)23(37)33-20-14-7-34(8-15(14)20)25-32-16(22(40-25)24(38)39)6-17(36)31-12-2-4-13(5-3-12)35-9-28-29-10-35/h2-5,9-10,14-15,20,30H,6-8H2,1H3,(H,31,36)(H,33,37)(H,38,39)/t14-,15+,20-. The van der Waals surface area contributed by atoms with Gasteiger partial charge in [-0.2, -0.15) is 0 Å². The highest BCUT2D eigenvalue weighted by atomic mass is 35.5. The Morgan fingerprint density at radius 2 is 1.77 bits per heavy atom. The Balaban J connectivity index is 1.07. The van der Waals surface area contributed by atoms with Gasteiger partial charge in [0.2, 0.25) is 5.91 Å². The molecule has 3 atom stereocenters. The van der Waals surface area contributed by atoms with Gasteiger partial charge in [-0.25, -0.2) is 9.78 Å². The fourth-order valence-corrected chi connectivity index (χ4v) is 6.37. The Morgan fingerprint density at radius 3 is 2.38 bits per heavy atom. The fourth-order valence-electron chi connectivity index (χ4n) is 5.02. The van der Waals surface area contributed by atoms with Crippen LogP contribution in [0.3, 0.4) is 0 Å². The largest absolute Gasteiger partial charge is 0.477 e. The first kappa shape index (κ1) is 26.3. The van der Waals surface area contributed by atoms with Crippen molar-refractivity contribution >= 4 is 63.1 Å². The first-order chi connectivity index (χ1) is 19.2. The van der Waals surface area contributed by atoms with Gasteiger partial charge in [-0.1, -0.05) is 34.5 Å². The fraction of sp³-hybridized carbons (Fsp3) is 0.280. The number of thiazole rings is 1. The number of nitrogens with one attached hydrogen (secondary N) is 3. The first-order valence-corrected chi connectivity index (χ1v) is 13.8. The number of halogens is 2. The molecule has 206 valence electrons. The third-order valence-corrected chi connectivity index (χ3v) is 9.21. The van der Waals surface area contributed by atoms with Crippen LogP contribution in [0.25, 0.3) is 5.69 Å². The summed E-state index contributed by atoms with van der Waals surface area (Å²) in [5.41, 5.74) is 2.48. The zero-order chi connectivity index (χ0) is 28.1. The van der Waals surface area contributed by atoms with Crippen molar-refractivity contribution in [2.45, 2.75) is 19.4 Å². The Labute approximate surface area is 241 Å². The Hall–Kier alpha value is -3.94. The quantitative estimate of drug-likeness (QED) is 0.239. The van der Waals surface area contributed by atoms with Crippen LogP contribution in [0.2, 0.25) is 10.0 Å². The highest BCUT2D eigenvalue weighted by molar-refractivity contribution is 7.17. The molecule has 2 fully saturated rings. The molecule has 2 amide bonds. The minimum atomic E-state index is -1.13. The van der Waals surface area contributed by atoms with E-state index in [2.05, 4.69) is 30.8 Å². The molecule has 0 spiro atoms. The van der Waals surface area contributed by atoms with E-state index in [9.17, 15) is 19.5 Å². The maximum atomic E-state index is 12.7. The summed E-state index contributed by atoms with van der Waals surface area (Å²) in [6.07, 6.45) is 2.96. The number of nitrogens with zero attached hydrogens (tertiary/aromatic N) is 5. The smallest absolute Gasteiger partial charge is 0.347 e. The molecule has 40 heavy (non-hydrogen) atoms. The van der Waals surface area contributed by atoms with E-state index in [1.54, 1.807) is 48.4 Å². The van der Waals surface area contributed by atoms with Crippen LogP contribution in [-0.4, -0.2) is 66.8 Å². The summed E-state index contributed by atoms with van der Waals surface area (Å²) in [5.74, 6) is -1.40. The van der Waals surface area contributed by atoms with Crippen LogP contribution in [0.5, 0.6) is 0 Å². The molecule has 1 saturated carbocycles. The number of benzene rings is 1. The molecule has 4 heterocycles. The number of anilines is 2. The highest BCUT2D eigenvalue weighted by Crippen LogP contribution is 2.48. The van der Waals surface area contributed by atoms with E-state index in [1.165, 1.54) is 0 Å². The van der Waals surface area contributed by atoms with Gasteiger partial charge in [-0.05, 0) is 31.2 Å². The number of amides is 2. The van der Waals surface area contributed by atoms with Crippen LogP contribution >= 0.6 is 34.5 Å². The lowest BCUT2D eigenvalue weighted by Gasteiger charge is -2.19. The SMILES string of the molecule is Cc1[nH]c(C(=O)N[C@@H]2[C@@H]3CN(c4nc(CC(=O)Nc5ccc(-n6cnnc6)cc5)c(C(=O)O)s4)C[C@@H]32)c(Cl)c1Cl. The average Bonchev–Trinajstić information content (AvgIpc) is 3.51. The number of carboxylic acids is 1. The van der Waals surface area contributed by atoms with Crippen molar-refractivity contribution in [3.8, 4) is 5.69 Å². The number of rotatable bonds is 8. The van der Waals surface area contributed by atoms with Crippen LogP contribution in [0.15, 0.2) is 36.9 Å². The molecule has 15 heteroatoms. The molecule has 1 saturated heterocycles. The van der Waals surface area contributed by atoms with Crippen LogP contribution in [-0.2, 0) is 11.2 Å². The lowest BCUT2D eigenvalue weighted by Crippen LogP contribution is -2.34. The summed E-state index contributed by atoms with van der Waals surface area (Å²) >= 11 is 13.3. The van der Waals surface area contributed by atoms with E-state index in [0.29, 0.717) is 34.6 Å². The second kappa shape index (κ2) is 10.2. The lowest BCUT2D eigenvalue weighted by atomic mass is 10.2. The molecule has 1 aliphatic carbocycles. The Bertz CT molecular complexity index is 1610. The number of aryl methyl sites for hydroxylation is 1. The zero-order valence-electron chi connectivity index (χ0n) is 20.9. The molecule has 6 rings (SSSR count). The van der Waals surface area contributed by atoms with Gasteiger partial charge >= 0.3 is 5.97 Å². The number of carboxylic acid groups (broad SMARTS) is 1. The van der Waals surface area contributed by atoms with Crippen molar-refractivity contribution in [3.63, 3.8) is 0 Å². The molecule has 1 aromatic carbocycles. The number of aromatic amines is 1. The van der Waals surface area contributed by atoms with Crippen LogP contribution in [0.4, 0.5) is 10.8 Å². The van der Waals surface area contributed by atoms with Gasteiger partial charge in [0.15, 0.2) is 5.13 Å². The zero-order valence-corrected chi connectivity index (χ0v) is 23.2. The van der Waals surface area contributed by atoms with Crippen LogP contribution in [0, 0.1) is 18.8 Å². The monoisotopic (exact) mass is 600 g/mol. The number of aromatic carboxylic acids is 1. The normalized spacial score (nSPS) is 19.4. The summed E-state index contributed by atoms with van der Waals surface area (Å²) in [6, 6.07) is 7.08. The van der Waals surface area contributed by atoms with E-state index in [-0.39, 0.29) is 57.4 Å². The third-order valence-electron chi connectivity index (χ3n) is 7.12. The molecule has 2 aliphatic rings. The van der Waals surface area contributed by atoms with Crippen molar-refractivity contribution in [2.24, 2.45) is 11.8 Å². The third kappa shape index (κ3) is 4.91. The first-order valence-electron chi connectivity index (χ1n) is 12.3. The van der Waals surface area contributed by atoms with Crippen LogP contribution in [0.1, 0.15) is 31.5 Å². The van der Waals surface area contributed by atoms with Crippen molar-refractivity contribution in [1.82, 2.24) is 30.0 Å². The summed E-state index contributed by atoms with van der Waals surface area (Å²) < 4.78 is 1.73. The van der Waals surface area contributed by atoms with E-state index in [1.807, 2.05) is 4.90 Å². The molecule has 0 unspecified atom stereocenters. The van der Waals surface area contributed by atoms with Gasteiger partial charge in [0.05, 0.1) is 22.2 Å². The van der Waals surface area contributed by atoms with Crippen molar-refractivity contribution in [1.29, 1.82) is 0 Å². The maximum Gasteiger partial charge on any atom is 0.347 e. The average molecular weight is 601 g/mol. The van der Waals surface area contributed by atoms with Gasteiger partial charge in [-0.3, -0.25) is 14.2 Å². The molecule has 1 aliphatic heterocycles. The van der Waals surface area contributed by atoms with E-state index in [4.69, 9.17) is 23.2 Å². The lowest BCUT2D eigenvalue weighted by molar-refractivity contribution is -0.115. The highest BCUT2D eigenvalue weighted by Gasteiger charge is 2.57. The minimum absolute atomic E-state index is 0.0113. The number of piperidine rings is 1. The number of hydrogen-bond donors (Lipinski definition) is 4. The number of hydrogen-bond acceptors (Lipinski definition) is 8. The van der Waals surface area contributed by atoms with Crippen LogP contribution < -0.4 is 15.5 Å². The molecule has 4 N–H and O–H groups in total. The van der Waals surface area contributed by atoms with Crippen molar-refractivity contribution in [3.05, 3.63) is 68.9 Å². The number of H-pyrrole nitrogens is 1. The van der Waals surface area contributed by atoms with Gasteiger partial charge in [-0.15, -0.1) is 10.2 Å². The minimum Gasteiger partial charge on any atom is -0.477 e. The van der Waals surface area contributed by atoms with E-state index >= 15 is 0 Å². The van der Waals surface area contributed by atoms with E-state index in [0.717, 1.165) is 17.0 Å². The number of aromatic nitrogens is 5. The predicted octanol–water partition coefficient (Wildman–Crippen LogP) is 3.41. The van der Waals surface area contributed by atoms with Gasteiger partial charge in [0.1, 0.15) is 23.2 Å². The molecule has 3 aromatic heterocycles. The predicted molar refractivity (Wildman–Crippen MR) is 149 cm³/mol. The summed E-state index contributed by atoms with van der Waals surface area (Å²) in [4.78, 5) is 46.8. The van der Waals surface area contributed by atoms with Gasteiger partial charge in [0, 0.05) is 48.0 Å². The number of fused-ring (bicyclic) bond motifs is 1. The molecule has 12 nitrogen and oxygen atoms in total. The Morgan fingerprint density at radius 1 is 1.10 bits per heavy atom. The maximum absolute atomic E-state index is 12.7. The second-order valence-corrected chi connectivity index (χ2v) is 11.4. The molecule has 4 aromatic rings. The van der Waals surface area contributed by atoms with Crippen molar-refractivity contribution < 1.29 is 19.5 Å². The second-order valence-electron chi connectivity index (χ2n) is 9.70. The Kier molecular flexibility index (Phi) is 6.72. The van der Waals surface area contributed by atoms with Gasteiger partial charge in [0.25, 0.3) is 5.91 Å². The molecule has 0 bridgehead atoms. The molecular formula is C25H22Cl2N8O4S. The van der Waals surface area contributed by atoms with Crippen molar-refractivity contribution in [2.75, 3.05) is 23.3 Å². The number of carbonyl (C=O) groups excluding carboxylic acids is 2. The molecular weight excluding hydrogens is 579 g/mol. The summed E-state index contributed by atoms with van der Waals surface area (Å²) in [7, 11) is 0. The summed E-state index contributed by atoms with van der Waals surface area (Å²) in [6.45, 7) is 2.97. The molecule has 0 radical (unpaired) electrons. The topological polar surface area (TPSA) is 158 Å². The number of carbonyl (C=O) groups is 3.